The molecule has 0 bridgehead atoms. The van der Waals surface area contributed by atoms with E-state index in [1.807, 2.05) is 48.5 Å². The molecule has 28 heavy (non-hydrogen) atoms. The number of aromatic amines is 1. The minimum absolute atomic E-state index is 0.180. The maximum absolute atomic E-state index is 12.0. The zero-order valence-corrected chi connectivity index (χ0v) is 17.0. The minimum atomic E-state index is -1.01. The van der Waals surface area contributed by atoms with Gasteiger partial charge in [0.25, 0.3) is 0 Å². The van der Waals surface area contributed by atoms with Crippen LogP contribution in [0.1, 0.15) is 35.7 Å². The van der Waals surface area contributed by atoms with Crippen LogP contribution in [0, 0.1) is 0 Å². The van der Waals surface area contributed by atoms with E-state index in [4.69, 9.17) is 0 Å². The zero-order valence-electron chi connectivity index (χ0n) is 15.4. The topological polar surface area (TPSA) is 78.9 Å². The van der Waals surface area contributed by atoms with Gasteiger partial charge in [-0.1, -0.05) is 66.2 Å². The Morgan fingerprint density at radius 2 is 1.68 bits per heavy atom. The van der Waals surface area contributed by atoms with Gasteiger partial charge in [0.2, 0.25) is 0 Å². The van der Waals surface area contributed by atoms with Gasteiger partial charge in [-0.25, -0.2) is 9.78 Å². The Labute approximate surface area is 170 Å². The SMILES string of the molecule is CC(C)c1ccc(-c2cc(C(=O)O)c3c(-c4ccc(Br)cc4)[nH]nc3n2)cc1. The number of fused-ring (bicyclic) bond motifs is 1. The van der Waals surface area contributed by atoms with Crippen molar-refractivity contribution in [1.82, 2.24) is 15.2 Å². The molecule has 0 saturated carbocycles. The summed E-state index contributed by atoms with van der Waals surface area (Å²) in [6.07, 6.45) is 0. The Kier molecular flexibility index (Phi) is 4.73. The number of aromatic nitrogens is 3. The number of carbonyl (C=O) groups is 1. The molecule has 0 aliphatic carbocycles. The molecule has 0 spiro atoms. The first-order valence-corrected chi connectivity index (χ1v) is 9.72. The lowest BCUT2D eigenvalue weighted by Crippen LogP contribution is -2.00. The van der Waals surface area contributed by atoms with Crippen LogP contribution in [0.4, 0.5) is 0 Å². The van der Waals surface area contributed by atoms with Crippen LogP contribution in [-0.2, 0) is 0 Å². The molecule has 0 aliphatic rings. The molecule has 4 aromatic rings. The number of nitrogens with one attached hydrogen (secondary N) is 1. The number of pyridine rings is 1. The van der Waals surface area contributed by atoms with E-state index in [0.717, 1.165) is 15.6 Å². The number of hydrogen-bond donors (Lipinski definition) is 2. The van der Waals surface area contributed by atoms with Crippen LogP contribution in [-0.4, -0.2) is 26.3 Å². The van der Waals surface area contributed by atoms with E-state index in [2.05, 4.69) is 45.0 Å². The quantitative estimate of drug-likeness (QED) is 0.419. The third kappa shape index (κ3) is 3.31. The number of nitrogens with zero attached hydrogens (tertiary/aromatic N) is 2. The Hall–Kier alpha value is -2.99. The monoisotopic (exact) mass is 435 g/mol. The van der Waals surface area contributed by atoms with Crippen molar-refractivity contribution < 1.29 is 9.90 Å². The summed E-state index contributed by atoms with van der Waals surface area (Å²) >= 11 is 3.41. The predicted octanol–water partition coefficient (Wildman–Crippen LogP) is 5.88. The van der Waals surface area contributed by atoms with Crippen LogP contribution in [0.25, 0.3) is 33.5 Å². The van der Waals surface area contributed by atoms with Gasteiger partial charge in [-0.05, 0) is 29.7 Å². The molecule has 0 saturated heterocycles. The summed E-state index contributed by atoms with van der Waals surface area (Å²) in [6, 6.07) is 17.3. The first-order chi connectivity index (χ1) is 13.4. The van der Waals surface area contributed by atoms with E-state index in [9.17, 15) is 9.90 Å². The number of benzene rings is 2. The van der Waals surface area contributed by atoms with E-state index in [1.54, 1.807) is 6.07 Å². The zero-order chi connectivity index (χ0) is 19.8. The van der Waals surface area contributed by atoms with E-state index < -0.39 is 5.97 Å². The average molecular weight is 436 g/mol. The maximum Gasteiger partial charge on any atom is 0.336 e. The Morgan fingerprint density at radius 1 is 1.04 bits per heavy atom. The van der Waals surface area contributed by atoms with E-state index >= 15 is 0 Å². The largest absolute Gasteiger partial charge is 0.478 e. The second-order valence-electron chi connectivity index (χ2n) is 6.94. The molecule has 0 aliphatic heterocycles. The van der Waals surface area contributed by atoms with Gasteiger partial charge in [0.15, 0.2) is 5.65 Å². The summed E-state index contributed by atoms with van der Waals surface area (Å²) in [4.78, 5) is 16.6. The highest BCUT2D eigenvalue weighted by Crippen LogP contribution is 2.32. The Morgan fingerprint density at radius 3 is 2.29 bits per heavy atom. The average Bonchev–Trinajstić information content (AvgIpc) is 3.12. The van der Waals surface area contributed by atoms with Gasteiger partial charge in [0.1, 0.15) is 0 Å². The third-order valence-electron chi connectivity index (χ3n) is 4.76. The number of rotatable bonds is 4. The fraction of sp³-hybridized carbons (Fsp3) is 0.136. The lowest BCUT2D eigenvalue weighted by molar-refractivity contribution is 0.0699. The van der Waals surface area contributed by atoms with Gasteiger partial charge in [-0.2, -0.15) is 5.10 Å². The molecule has 4 rings (SSSR count). The van der Waals surface area contributed by atoms with Crippen molar-refractivity contribution in [1.29, 1.82) is 0 Å². The van der Waals surface area contributed by atoms with Crippen LogP contribution in [0.2, 0.25) is 0 Å². The predicted molar refractivity (Wildman–Crippen MR) is 114 cm³/mol. The molecule has 0 radical (unpaired) electrons. The summed E-state index contributed by atoms with van der Waals surface area (Å²) in [5.41, 5.74) is 4.75. The number of aromatic carboxylic acids is 1. The second kappa shape index (κ2) is 7.20. The Balaban J connectivity index is 1.88. The molecule has 5 nitrogen and oxygen atoms in total. The van der Waals surface area contributed by atoms with Gasteiger partial charge in [0.05, 0.1) is 22.3 Å². The van der Waals surface area contributed by atoms with E-state index in [-0.39, 0.29) is 5.56 Å². The number of carboxylic acids is 1. The first kappa shape index (κ1) is 18.4. The van der Waals surface area contributed by atoms with Crippen molar-refractivity contribution in [3.8, 4) is 22.5 Å². The van der Waals surface area contributed by atoms with Crippen LogP contribution in [0.15, 0.2) is 59.1 Å². The summed E-state index contributed by atoms with van der Waals surface area (Å²) < 4.78 is 0.948. The molecule has 0 amide bonds. The smallest absolute Gasteiger partial charge is 0.336 e. The van der Waals surface area contributed by atoms with Crippen LogP contribution in [0.5, 0.6) is 0 Å². The van der Waals surface area contributed by atoms with Crippen LogP contribution in [0.3, 0.4) is 0 Å². The molecule has 2 heterocycles. The molecule has 2 aromatic carbocycles. The molecular weight excluding hydrogens is 418 g/mol. The fourth-order valence-electron chi connectivity index (χ4n) is 3.20. The highest BCUT2D eigenvalue weighted by molar-refractivity contribution is 9.10. The molecular formula is C22H18BrN3O2. The fourth-order valence-corrected chi connectivity index (χ4v) is 3.47. The van der Waals surface area contributed by atoms with Crippen molar-refractivity contribution in [3.63, 3.8) is 0 Å². The normalized spacial score (nSPS) is 11.3. The molecule has 0 fully saturated rings. The lowest BCUT2D eigenvalue weighted by Gasteiger charge is -2.08. The summed E-state index contributed by atoms with van der Waals surface area (Å²) in [5.74, 6) is -0.578. The third-order valence-corrected chi connectivity index (χ3v) is 5.29. The standard InChI is InChI=1S/C22H18BrN3O2/c1-12(2)13-3-5-14(6-4-13)18-11-17(22(27)28)19-20(25-26-21(19)24-18)15-7-9-16(23)10-8-15/h3-12H,1-2H3,(H,27,28)(H,24,25,26). The van der Waals surface area contributed by atoms with Gasteiger partial charge in [-0.3, -0.25) is 5.10 Å². The molecule has 2 aromatic heterocycles. The summed E-state index contributed by atoms with van der Waals surface area (Å²) in [7, 11) is 0. The number of hydrogen-bond acceptors (Lipinski definition) is 3. The van der Waals surface area contributed by atoms with E-state index in [0.29, 0.717) is 28.3 Å². The van der Waals surface area contributed by atoms with Crippen molar-refractivity contribution in [2.45, 2.75) is 19.8 Å². The molecule has 0 unspecified atom stereocenters. The van der Waals surface area contributed by atoms with Crippen molar-refractivity contribution in [3.05, 3.63) is 70.2 Å². The highest BCUT2D eigenvalue weighted by Gasteiger charge is 2.19. The Bertz CT molecular complexity index is 1160. The first-order valence-electron chi connectivity index (χ1n) is 8.92. The minimum Gasteiger partial charge on any atom is -0.478 e. The lowest BCUT2D eigenvalue weighted by atomic mass is 9.99. The van der Waals surface area contributed by atoms with Crippen molar-refractivity contribution >= 4 is 32.9 Å². The number of carboxylic acid groups (broad SMARTS) is 1. The number of H-pyrrole nitrogens is 1. The van der Waals surface area contributed by atoms with Crippen LogP contribution < -0.4 is 0 Å². The maximum atomic E-state index is 12.0. The summed E-state index contributed by atoms with van der Waals surface area (Å²) in [5, 5.41) is 17.6. The summed E-state index contributed by atoms with van der Waals surface area (Å²) in [6.45, 7) is 4.27. The van der Waals surface area contributed by atoms with Crippen LogP contribution >= 0.6 is 15.9 Å². The van der Waals surface area contributed by atoms with E-state index in [1.165, 1.54) is 5.56 Å². The molecule has 6 heteroatoms. The van der Waals surface area contributed by atoms with Gasteiger partial charge in [-0.15, -0.1) is 0 Å². The van der Waals surface area contributed by atoms with Gasteiger partial charge < -0.3 is 5.11 Å². The van der Waals surface area contributed by atoms with Gasteiger partial charge >= 0.3 is 5.97 Å². The molecule has 2 N–H and O–H groups in total. The van der Waals surface area contributed by atoms with Crippen molar-refractivity contribution in [2.75, 3.05) is 0 Å². The van der Waals surface area contributed by atoms with Crippen molar-refractivity contribution in [2.24, 2.45) is 0 Å². The number of halogens is 1. The highest BCUT2D eigenvalue weighted by atomic mass is 79.9. The van der Waals surface area contributed by atoms with Gasteiger partial charge in [0, 0.05) is 15.6 Å². The molecule has 0 atom stereocenters. The second-order valence-corrected chi connectivity index (χ2v) is 7.86. The molecule has 140 valence electrons.